The van der Waals surface area contributed by atoms with Gasteiger partial charge in [-0.15, -0.1) is 0 Å². The zero-order valence-electron chi connectivity index (χ0n) is 11.3. The first-order valence-corrected chi connectivity index (χ1v) is 8.22. The van der Waals surface area contributed by atoms with E-state index in [0.29, 0.717) is 0 Å². The van der Waals surface area contributed by atoms with Crippen LogP contribution in [-0.2, 0) is 6.42 Å². The fourth-order valence-electron chi connectivity index (χ4n) is 2.04. The summed E-state index contributed by atoms with van der Waals surface area (Å²) in [4.78, 5) is 8.74. The van der Waals surface area contributed by atoms with E-state index in [1.54, 1.807) is 6.20 Å². The molecule has 0 aliphatic rings. The fraction of sp³-hybridized carbons (Fsp3) is 0.333. The monoisotopic (exact) mass is 397 g/mol. The van der Waals surface area contributed by atoms with Crippen molar-refractivity contribution in [2.45, 2.75) is 25.8 Å². The van der Waals surface area contributed by atoms with Gasteiger partial charge in [0.25, 0.3) is 0 Å². The van der Waals surface area contributed by atoms with Crippen molar-refractivity contribution in [2.24, 2.45) is 0 Å². The Hall–Kier alpha value is -0.780. The molecule has 5 heteroatoms. The molecular formula is C15H17Br2N3. The van der Waals surface area contributed by atoms with Crippen molar-refractivity contribution >= 4 is 31.9 Å². The first kappa shape index (κ1) is 15.6. The summed E-state index contributed by atoms with van der Waals surface area (Å²) in [6.07, 6.45) is 7.50. The predicted molar refractivity (Wildman–Crippen MR) is 88.6 cm³/mol. The van der Waals surface area contributed by atoms with E-state index in [4.69, 9.17) is 0 Å². The number of hydrogen-bond donors (Lipinski definition) is 1. The van der Waals surface area contributed by atoms with Gasteiger partial charge in [0.05, 0.1) is 11.7 Å². The Morgan fingerprint density at radius 3 is 2.85 bits per heavy atom. The second kappa shape index (κ2) is 7.86. The largest absolute Gasteiger partial charge is 0.308 e. The third-order valence-electron chi connectivity index (χ3n) is 2.96. The predicted octanol–water partition coefficient (Wildman–Crippen LogP) is 4.29. The second-order valence-electron chi connectivity index (χ2n) is 4.59. The Morgan fingerprint density at radius 1 is 1.30 bits per heavy atom. The molecule has 1 atom stereocenters. The van der Waals surface area contributed by atoms with E-state index in [-0.39, 0.29) is 6.04 Å². The van der Waals surface area contributed by atoms with Crippen molar-refractivity contribution in [3.63, 3.8) is 0 Å². The number of pyridine rings is 2. The molecule has 0 fully saturated rings. The summed E-state index contributed by atoms with van der Waals surface area (Å²) in [5, 5.41) is 3.56. The highest BCUT2D eigenvalue weighted by atomic mass is 79.9. The van der Waals surface area contributed by atoms with E-state index < -0.39 is 0 Å². The molecule has 106 valence electrons. The quantitative estimate of drug-likeness (QED) is 0.788. The SMILES string of the molecule is CCCNC(Cc1cncc(Br)c1)c1ncccc1Br. The zero-order chi connectivity index (χ0) is 14.4. The lowest BCUT2D eigenvalue weighted by atomic mass is 10.0. The van der Waals surface area contributed by atoms with Crippen molar-refractivity contribution in [2.75, 3.05) is 6.54 Å². The molecule has 20 heavy (non-hydrogen) atoms. The lowest BCUT2D eigenvalue weighted by Crippen LogP contribution is -2.25. The summed E-state index contributed by atoms with van der Waals surface area (Å²) in [5.41, 5.74) is 2.23. The summed E-state index contributed by atoms with van der Waals surface area (Å²) >= 11 is 7.06. The Labute approximate surface area is 136 Å². The molecule has 0 aliphatic carbocycles. The molecule has 0 spiro atoms. The second-order valence-corrected chi connectivity index (χ2v) is 6.36. The highest BCUT2D eigenvalue weighted by Gasteiger charge is 2.16. The van der Waals surface area contributed by atoms with Crippen LogP contribution in [0.25, 0.3) is 0 Å². The van der Waals surface area contributed by atoms with E-state index in [2.05, 4.69) is 60.1 Å². The van der Waals surface area contributed by atoms with Crippen LogP contribution in [-0.4, -0.2) is 16.5 Å². The van der Waals surface area contributed by atoms with E-state index >= 15 is 0 Å². The molecule has 0 aromatic carbocycles. The molecule has 0 saturated heterocycles. The Kier molecular flexibility index (Phi) is 6.13. The Morgan fingerprint density at radius 2 is 2.15 bits per heavy atom. The van der Waals surface area contributed by atoms with Gasteiger partial charge in [-0.3, -0.25) is 9.97 Å². The summed E-state index contributed by atoms with van der Waals surface area (Å²) in [6.45, 7) is 3.13. The van der Waals surface area contributed by atoms with Crippen LogP contribution in [0.15, 0.2) is 45.7 Å². The van der Waals surface area contributed by atoms with Crippen LogP contribution >= 0.6 is 31.9 Å². The van der Waals surface area contributed by atoms with Gasteiger partial charge < -0.3 is 5.32 Å². The minimum Gasteiger partial charge on any atom is -0.308 e. The molecule has 1 unspecified atom stereocenters. The van der Waals surface area contributed by atoms with Gasteiger partial charge in [-0.05, 0) is 75.0 Å². The van der Waals surface area contributed by atoms with Crippen LogP contribution in [0.2, 0.25) is 0 Å². The van der Waals surface area contributed by atoms with Crippen LogP contribution in [0.5, 0.6) is 0 Å². The Bertz CT molecular complexity index is 560. The van der Waals surface area contributed by atoms with E-state index in [1.807, 2.05) is 24.5 Å². The van der Waals surface area contributed by atoms with Crippen LogP contribution < -0.4 is 5.32 Å². The maximum Gasteiger partial charge on any atom is 0.0718 e. The van der Waals surface area contributed by atoms with Crippen LogP contribution in [0.3, 0.4) is 0 Å². The average Bonchev–Trinajstić information content (AvgIpc) is 2.44. The zero-order valence-corrected chi connectivity index (χ0v) is 14.5. The number of hydrogen-bond acceptors (Lipinski definition) is 3. The maximum atomic E-state index is 4.51. The summed E-state index contributed by atoms with van der Waals surface area (Å²) in [6, 6.07) is 6.25. The Balaban J connectivity index is 2.22. The van der Waals surface area contributed by atoms with Crippen molar-refractivity contribution in [1.82, 2.24) is 15.3 Å². The molecule has 0 saturated carbocycles. The molecule has 0 radical (unpaired) electrons. The van der Waals surface area contributed by atoms with Crippen LogP contribution in [0.1, 0.15) is 30.6 Å². The molecule has 2 aromatic rings. The third-order valence-corrected chi connectivity index (χ3v) is 4.06. The van der Waals surface area contributed by atoms with Gasteiger partial charge in [-0.2, -0.15) is 0 Å². The highest BCUT2D eigenvalue weighted by molar-refractivity contribution is 9.10. The fourth-order valence-corrected chi connectivity index (χ4v) is 2.99. The molecule has 0 aliphatic heterocycles. The van der Waals surface area contributed by atoms with Gasteiger partial charge in [-0.25, -0.2) is 0 Å². The number of nitrogens with one attached hydrogen (secondary N) is 1. The molecule has 2 aromatic heterocycles. The first-order valence-electron chi connectivity index (χ1n) is 6.64. The van der Waals surface area contributed by atoms with E-state index in [9.17, 15) is 0 Å². The number of halogens is 2. The van der Waals surface area contributed by atoms with Gasteiger partial charge in [-0.1, -0.05) is 6.92 Å². The van der Waals surface area contributed by atoms with Crippen LogP contribution in [0, 0.1) is 0 Å². The van der Waals surface area contributed by atoms with Gasteiger partial charge in [0, 0.05) is 27.5 Å². The molecule has 2 heterocycles. The molecule has 0 amide bonds. The number of rotatable bonds is 6. The van der Waals surface area contributed by atoms with Gasteiger partial charge in [0.2, 0.25) is 0 Å². The molecule has 3 nitrogen and oxygen atoms in total. The van der Waals surface area contributed by atoms with E-state index in [0.717, 1.165) is 34.0 Å². The van der Waals surface area contributed by atoms with Crippen LogP contribution in [0.4, 0.5) is 0 Å². The number of nitrogens with zero attached hydrogens (tertiary/aromatic N) is 2. The lowest BCUT2D eigenvalue weighted by Gasteiger charge is -2.19. The molecular weight excluding hydrogens is 382 g/mol. The van der Waals surface area contributed by atoms with Gasteiger partial charge in [0.15, 0.2) is 0 Å². The summed E-state index contributed by atoms with van der Waals surface area (Å²) in [7, 11) is 0. The smallest absolute Gasteiger partial charge is 0.0718 e. The van der Waals surface area contributed by atoms with Crippen molar-refractivity contribution in [3.8, 4) is 0 Å². The standard InChI is InChI=1S/C15H17Br2N3/c1-2-5-19-14(15-13(17)4-3-6-20-15)8-11-7-12(16)10-18-9-11/h3-4,6-7,9-10,14,19H,2,5,8H2,1H3. The minimum atomic E-state index is 0.182. The van der Waals surface area contributed by atoms with Gasteiger partial charge in [0.1, 0.15) is 0 Å². The third kappa shape index (κ3) is 4.36. The maximum absolute atomic E-state index is 4.51. The van der Waals surface area contributed by atoms with Crippen molar-refractivity contribution < 1.29 is 0 Å². The summed E-state index contributed by atoms with van der Waals surface area (Å²) in [5.74, 6) is 0. The van der Waals surface area contributed by atoms with E-state index in [1.165, 1.54) is 5.56 Å². The topological polar surface area (TPSA) is 37.8 Å². The normalized spacial score (nSPS) is 12.3. The molecule has 0 bridgehead atoms. The molecule has 1 N–H and O–H groups in total. The summed E-state index contributed by atoms with van der Waals surface area (Å²) < 4.78 is 2.04. The van der Waals surface area contributed by atoms with Gasteiger partial charge >= 0.3 is 0 Å². The number of aromatic nitrogens is 2. The van der Waals surface area contributed by atoms with Crippen molar-refractivity contribution in [3.05, 3.63) is 57.0 Å². The average molecular weight is 399 g/mol. The highest BCUT2D eigenvalue weighted by Crippen LogP contribution is 2.24. The lowest BCUT2D eigenvalue weighted by molar-refractivity contribution is 0.515. The minimum absolute atomic E-state index is 0.182. The first-order chi connectivity index (χ1) is 9.70. The molecule has 2 rings (SSSR count). The van der Waals surface area contributed by atoms with Crippen molar-refractivity contribution in [1.29, 1.82) is 0 Å².